The average molecular weight is 398 g/mol. The zero-order chi connectivity index (χ0) is 20.8. The summed E-state index contributed by atoms with van der Waals surface area (Å²) >= 11 is 0. The van der Waals surface area contributed by atoms with E-state index < -0.39 is 5.97 Å². The minimum absolute atomic E-state index is 0.106. The minimum Gasteiger partial charge on any atom is -0.461 e. The number of aromatic nitrogens is 2. The molecule has 6 nitrogen and oxygen atoms in total. The third-order valence-electron chi connectivity index (χ3n) is 7.16. The highest BCUT2D eigenvalue weighted by Gasteiger charge is 2.58. The molecule has 1 aliphatic heterocycles. The van der Waals surface area contributed by atoms with Crippen LogP contribution < -0.4 is 5.56 Å². The van der Waals surface area contributed by atoms with Crippen molar-refractivity contribution < 1.29 is 9.53 Å². The number of hydrogen-bond acceptors (Lipinski definition) is 5. The number of rotatable bonds is 6. The Morgan fingerprint density at radius 3 is 2.69 bits per heavy atom. The van der Waals surface area contributed by atoms with Crippen LogP contribution in [0.15, 0.2) is 29.1 Å². The quantitative estimate of drug-likeness (QED) is 0.697. The normalized spacial score (nSPS) is 26.5. The summed E-state index contributed by atoms with van der Waals surface area (Å²) in [7, 11) is 0. The second-order valence-corrected chi connectivity index (χ2v) is 8.54. The molecule has 1 aromatic heterocycles. The number of fused-ring (bicyclic) bond motifs is 2. The average Bonchev–Trinajstić information content (AvgIpc) is 3.06. The molecule has 1 aromatic carbocycles. The number of para-hydroxylation sites is 2. The topological polar surface area (TPSA) is 64.4 Å². The molecule has 0 amide bonds. The van der Waals surface area contributed by atoms with E-state index in [-0.39, 0.29) is 23.4 Å². The van der Waals surface area contributed by atoms with Crippen LogP contribution in [0.3, 0.4) is 0 Å². The Bertz CT molecular complexity index is 981. The number of benzene rings is 1. The predicted molar refractivity (Wildman–Crippen MR) is 113 cm³/mol. The van der Waals surface area contributed by atoms with E-state index in [1.807, 2.05) is 28.8 Å². The van der Waals surface area contributed by atoms with Gasteiger partial charge in [-0.15, -0.1) is 0 Å². The van der Waals surface area contributed by atoms with E-state index in [9.17, 15) is 9.59 Å². The molecule has 3 atom stereocenters. The summed E-state index contributed by atoms with van der Waals surface area (Å²) in [5.41, 5.74) is 0.711. The summed E-state index contributed by atoms with van der Waals surface area (Å²) < 4.78 is 6.96. The van der Waals surface area contributed by atoms with Crippen molar-refractivity contribution in [2.45, 2.75) is 71.0 Å². The van der Waals surface area contributed by atoms with Gasteiger partial charge in [-0.3, -0.25) is 14.3 Å². The van der Waals surface area contributed by atoms with E-state index in [0.717, 1.165) is 37.7 Å². The van der Waals surface area contributed by atoms with Gasteiger partial charge in [-0.2, -0.15) is 0 Å². The molecule has 1 unspecified atom stereocenters. The lowest BCUT2D eigenvalue weighted by Gasteiger charge is -2.54. The van der Waals surface area contributed by atoms with Gasteiger partial charge in [0.05, 0.1) is 23.2 Å². The summed E-state index contributed by atoms with van der Waals surface area (Å²) in [4.78, 5) is 32.9. The Morgan fingerprint density at radius 1 is 1.28 bits per heavy atom. The molecule has 2 aromatic rings. The molecule has 4 rings (SSSR count). The summed E-state index contributed by atoms with van der Waals surface area (Å²) in [6, 6.07) is 8.72. The Hall–Kier alpha value is -2.21. The zero-order valence-electron chi connectivity index (χ0n) is 17.9. The van der Waals surface area contributed by atoms with Crippen LogP contribution in [0.2, 0.25) is 0 Å². The first-order valence-corrected chi connectivity index (χ1v) is 10.9. The molecule has 156 valence electrons. The van der Waals surface area contributed by atoms with Gasteiger partial charge in [0.1, 0.15) is 0 Å². The maximum absolute atomic E-state index is 13.4. The van der Waals surface area contributed by atoms with Gasteiger partial charge in [-0.25, -0.2) is 9.78 Å². The molecule has 1 aliphatic carbocycles. The van der Waals surface area contributed by atoms with E-state index >= 15 is 0 Å². The highest BCUT2D eigenvalue weighted by atomic mass is 16.5. The fourth-order valence-corrected chi connectivity index (χ4v) is 5.72. The first kappa shape index (κ1) is 20.1. The van der Waals surface area contributed by atoms with Gasteiger partial charge < -0.3 is 4.74 Å². The Labute approximate surface area is 171 Å². The monoisotopic (exact) mass is 397 g/mol. The van der Waals surface area contributed by atoms with Crippen molar-refractivity contribution in [2.24, 2.45) is 5.92 Å². The van der Waals surface area contributed by atoms with E-state index in [0.29, 0.717) is 23.5 Å². The van der Waals surface area contributed by atoms with Gasteiger partial charge in [0.2, 0.25) is 5.69 Å². The standard InChI is InChI=1S/C23H31N3O3/c1-5-15(6-2)25-13-12-16-19(25)14-23(16,4)26-18-11-9-8-10-17(18)24-20(21(26)27)22(28)29-7-3/h8-11,15-16,19H,5-7,12-14H2,1-4H3/t16?,19-,23+/m1/s1. The van der Waals surface area contributed by atoms with Crippen molar-refractivity contribution >= 4 is 17.0 Å². The van der Waals surface area contributed by atoms with Crippen molar-refractivity contribution in [2.75, 3.05) is 13.2 Å². The second-order valence-electron chi connectivity index (χ2n) is 8.54. The third-order valence-corrected chi connectivity index (χ3v) is 7.16. The SMILES string of the molecule is CCOC(=O)c1nc2ccccc2n([C@@]2(C)C[C@@H]3C2CCN3C(CC)CC)c1=O. The number of carbonyl (C=O) groups is 1. The molecule has 0 bridgehead atoms. The van der Waals surface area contributed by atoms with Gasteiger partial charge >= 0.3 is 5.97 Å². The van der Waals surface area contributed by atoms with E-state index in [4.69, 9.17) is 4.74 Å². The van der Waals surface area contributed by atoms with Gasteiger partial charge in [-0.05, 0) is 64.1 Å². The number of hydrogen-bond donors (Lipinski definition) is 0. The van der Waals surface area contributed by atoms with Crippen LogP contribution in [-0.4, -0.2) is 45.7 Å². The Kier molecular flexibility index (Phi) is 5.23. The number of nitrogens with zero attached hydrogens (tertiary/aromatic N) is 3. The molecule has 1 saturated heterocycles. The molecular weight excluding hydrogens is 366 g/mol. The zero-order valence-corrected chi connectivity index (χ0v) is 17.9. The summed E-state index contributed by atoms with van der Waals surface area (Å²) in [5, 5.41) is 0. The first-order valence-electron chi connectivity index (χ1n) is 10.9. The van der Waals surface area contributed by atoms with Crippen LogP contribution in [0.25, 0.3) is 11.0 Å². The third kappa shape index (κ3) is 3.00. The molecule has 29 heavy (non-hydrogen) atoms. The molecule has 2 heterocycles. The Balaban J connectivity index is 1.79. The van der Waals surface area contributed by atoms with Crippen LogP contribution in [0.5, 0.6) is 0 Å². The van der Waals surface area contributed by atoms with Crippen LogP contribution >= 0.6 is 0 Å². The van der Waals surface area contributed by atoms with Crippen molar-refractivity contribution in [1.82, 2.24) is 14.5 Å². The molecule has 0 spiro atoms. The molecule has 6 heteroatoms. The van der Waals surface area contributed by atoms with Crippen LogP contribution in [0, 0.1) is 5.92 Å². The number of carbonyl (C=O) groups excluding carboxylic acids is 1. The molecule has 1 saturated carbocycles. The highest BCUT2D eigenvalue weighted by molar-refractivity contribution is 5.89. The second kappa shape index (κ2) is 7.56. The summed E-state index contributed by atoms with van der Waals surface area (Å²) in [5.74, 6) is -0.233. The van der Waals surface area contributed by atoms with E-state index in [1.165, 1.54) is 0 Å². The van der Waals surface area contributed by atoms with Crippen molar-refractivity contribution in [1.29, 1.82) is 0 Å². The lowest BCUT2D eigenvalue weighted by molar-refractivity contribution is -0.0182. The molecular formula is C23H31N3O3. The fraction of sp³-hybridized carbons (Fsp3) is 0.609. The maximum atomic E-state index is 13.4. The van der Waals surface area contributed by atoms with Crippen molar-refractivity contribution in [3.8, 4) is 0 Å². The fourth-order valence-electron chi connectivity index (χ4n) is 5.72. The molecule has 0 radical (unpaired) electrons. The van der Waals surface area contributed by atoms with Gasteiger partial charge in [-0.1, -0.05) is 26.0 Å². The highest BCUT2D eigenvalue weighted by Crippen LogP contribution is 2.53. The smallest absolute Gasteiger partial charge is 0.362 e. The van der Waals surface area contributed by atoms with Crippen LogP contribution in [0.4, 0.5) is 0 Å². The summed E-state index contributed by atoms with van der Waals surface area (Å²) in [6.07, 6.45) is 4.31. The number of ether oxygens (including phenoxy) is 1. The van der Waals surface area contributed by atoms with Gasteiger partial charge in [0.15, 0.2) is 0 Å². The molecule has 0 N–H and O–H groups in total. The Morgan fingerprint density at radius 2 is 2.00 bits per heavy atom. The van der Waals surface area contributed by atoms with Crippen molar-refractivity contribution in [3.63, 3.8) is 0 Å². The van der Waals surface area contributed by atoms with E-state index in [2.05, 4.69) is 30.7 Å². The number of esters is 1. The minimum atomic E-state index is -0.637. The lowest BCUT2D eigenvalue weighted by atomic mass is 9.63. The molecule has 2 aliphatic rings. The largest absolute Gasteiger partial charge is 0.461 e. The van der Waals surface area contributed by atoms with Gasteiger partial charge in [0.25, 0.3) is 5.56 Å². The first-order chi connectivity index (χ1) is 14.0. The lowest BCUT2D eigenvalue weighted by Crippen LogP contribution is -2.62. The van der Waals surface area contributed by atoms with Crippen molar-refractivity contribution in [3.05, 3.63) is 40.3 Å². The number of likely N-dealkylation sites (tertiary alicyclic amines) is 1. The van der Waals surface area contributed by atoms with Crippen LogP contribution in [-0.2, 0) is 10.3 Å². The maximum Gasteiger partial charge on any atom is 0.362 e. The van der Waals surface area contributed by atoms with E-state index in [1.54, 1.807) is 6.92 Å². The van der Waals surface area contributed by atoms with Crippen LogP contribution in [0.1, 0.15) is 63.9 Å². The predicted octanol–water partition coefficient (Wildman–Crippen LogP) is 3.57. The molecule has 2 fully saturated rings. The summed E-state index contributed by atoms with van der Waals surface area (Å²) in [6.45, 7) is 9.73. The van der Waals surface area contributed by atoms with Gasteiger partial charge in [0, 0.05) is 12.1 Å².